The summed E-state index contributed by atoms with van der Waals surface area (Å²) < 4.78 is 0. The summed E-state index contributed by atoms with van der Waals surface area (Å²) in [6.45, 7) is 3.43. The summed E-state index contributed by atoms with van der Waals surface area (Å²) in [6.07, 6.45) is 0.433. The number of carboxylic acids is 3. The smallest absolute Gasteiger partial charge is 0.331 e. The van der Waals surface area contributed by atoms with E-state index in [4.69, 9.17) is 15.3 Å². The van der Waals surface area contributed by atoms with E-state index in [1.807, 2.05) is 0 Å². The van der Waals surface area contributed by atoms with Crippen molar-refractivity contribution in [1.29, 1.82) is 0 Å². The lowest BCUT2D eigenvalue weighted by Crippen LogP contribution is -2.39. The van der Waals surface area contributed by atoms with Gasteiger partial charge in [-0.1, -0.05) is 0 Å². The third-order valence-corrected chi connectivity index (χ3v) is 2.79. The van der Waals surface area contributed by atoms with Crippen LogP contribution in [0, 0.1) is 0 Å². The summed E-state index contributed by atoms with van der Waals surface area (Å²) in [5.41, 5.74) is -3.38. The van der Waals surface area contributed by atoms with E-state index in [0.29, 0.717) is 0 Å². The fourth-order valence-corrected chi connectivity index (χ4v) is 1.47. The van der Waals surface area contributed by atoms with E-state index in [0.717, 1.165) is 39.0 Å². The fraction of sp³-hybridized carbons (Fsp3) is 0.357. The first-order chi connectivity index (χ1) is 9.90. The number of rotatable bonds is 7. The van der Waals surface area contributed by atoms with Gasteiger partial charge in [-0.05, 0) is 39.0 Å². The average molecular weight is 314 g/mol. The molecule has 122 valence electrons. The molecule has 0 fully saturated rings. The molecule has 1 unspecified atom stereocenters. The maximum absolute atomic E-state index is 10.8. The standard InChI is InChI=1S/C14H18O8/c1-7(11(16)17)4-10(15)14(22,5-8(2)12(18)19)6-9(3)13(20)21/h4-6,10,15,22H,1-3H3,(H,16,17)(H,18,19)(H,20,21). The zero-order chi connectivity index (χ0) is 17.7. The van der Waals surface area contributed by atoms with Gasteiger partial charge in [-0.3, -0.25) is 0 Å². The van der Waals surface area contributed by atoms with E-state index in [9.17, 15) is 24.6 Å². The van der Waals surface area contributed by atoms with Crippen molar-refractivity contribution in [1.82, 2.24) is 0 Å². The molecule has 0 spiro atoms. The molecule has 0 radical (unpaired) electrons. The highest BCUT2D eigenvalue weighted by Gasteiger charge is 2.32. The van der Waals surface area contributed by atoms with E-state index >= 15 is 0 Å². The summed E-state index contributed by atoms with van der Waals surface area (Å²) in [6, 6.07) is 0. The number of hydrogen-bond acceptors (Lipinski definition) is 5. The Labute approximate surface area is 126 Å². The van der Waals surface area contributed by atoms with Crippen LogP contribution in [0.4, 0.5) is 0 Å². The van der Waals surface area contributed by atoms with Gasteiger partial charge in [-0.25, -0.2) is 14.4 Å². The van der Waals surface area contributed by atoms with E-state index in [1.165, 1.54) is 0 Å². The Morgan fingerprint density at radius 3 is 1.41 bits per heavy atom. The molecule has 0 heterocycles. The monoisotopic (exact) mass is 314 g/mol. The molecule has 0 amide bonds. The normalized spacial score (nSPS) is 17.6. The molecule has 0 aliphatic carbocycles. The first-order valence-electron chi connectivity index (χ1n) is 6.08. The minimum Gasteiger partial charge on any atom is -0.478 e. The Morgan fingerprint density at radius 1 is 0.818 bits per heavy atom. The Balaban J connectivity index is 6.02. The minimum absolute atomic E-state index is 0.298. The summed E-state index contributed by atoms with van der Waals surface area (Å²) >= 11 is 0. The van der Waals surface area contributed by atoms with Gasteiger partial charge < -0.3 is 25.5 Å². The van der Waals surface area contributed by atoms with Gasteiger partial charge in [0.25, 0.3) is 0 Å². The number of carboxylic acid groups (broad SMARTS) is 3. The molecule has 1 atom stereocenters. The molecular weight excluding hydrogens is 296 g/mol. The first kappa shape index (κ1) is 19.6. The van der Waals surface area contributed by atoms with E-state index in [2.05, 4.69) is 0 Å². The van der Waals surface area contributed by atoms with Crippen LogP contribution in [0.1, 0.15) is 20.8 Å². The second kappa shape index (κ2) is 7.53. The van der Waals surface area contributed by atoms with Gasteiger partial charge in [0.15, 0.2) is 0 Å². The molecule has 0 aliphatic heterocycles. The maximum Gasteiger partial charge on any atom is 0.331 e. The minimum atomic E-state index is -2.39. The number of aliphatic hydroxyl groups excluding tert-OH is 1. The van der Waals surface area contributed by atoms with Crippen molar-refractivity contribution < 1.29 is 39.9 Å². The van der Waals surface area contributed by atoms with Crippen LogP contribution in [-0.4, -0.2) is 55.1 Å². The quantitative estimate of drug-likeness (QED) is 0.417. The molecule has 0 aromatic heterocycles. The van der Waals surface area contributed by atoms with Crippen LogP contribution < -0.4 is 0 Å². The molecular formula is C14H18O8. The lowest BCUT2D eigenvalue weighted by Gasteiger charge is -2.26. The van der Waals surface area contributed by atoms with Crippen LogP contribution in [0.15, 0.2) is 34.9 Å². The second-order valence-electron chi connectivity index (χ2n) is 4.75. The van der Waals surface area contributed by atoms with Crippen LogP contribution in [-0.2, 0) is 14.4 Å². The number of aliphatic hydroxyl groups is 2. The molecule has 8 heteroatoms. The highest BCUT2D eigenvalue weighted by molar-refractivity contribution is 5.88. The lowest BCUT2D eigenvalue weighted by atomic mass is 9.90. The summed E-state index contributed by atoms with van der Waals surface area (Å²) in [5.74, 6) is -4.11. The predicted molar refractivity (Wildman–Crippen MR) is 75.1 cm³/mol. The average Bonchev–Trinajstić information content (AvgIpc) is 2.37. The highest BCUT2D eigenvalue weighted by atomic mass is 16.4. The Hall–Kier alpha value is -2.45. The Bertz CT molecular complexity index is 537. The van der Waals surface area contributed by atoms with Gasteiger partial charge >= 0.3 is 17.9 Å². The molecule has 0 aromatic carbocycles. The van der Waals surface area contributed by atoms with E-state index < -0.39 is 29.6 Å². The molecule has 0 saturated heterocycles. The van der Waals surface area contributed by atoms with Crippen LogP contribution in [0.25, 0.3) is 0 Å². The van der Waals surface area contributed by atoms with Gasteiger partial charge in [0.2, 0.25) is 0 Å². The molecule has 0 aromatic rings. The van der Waals surface area contributed by atoms with Crippen molar-refractivity contribution >= 4 is 17.9 Å². The summed E-state index contributed by atoms with van der Waals surface area (Å²) in [5, 5.41) is 46.8. The topological polar surface area (TPSA) is 152 Å². The maximum atomic E-state index is 10.8. The molecule has 0 saturated carbocycles. The molecule has 5 N–H and O–H groups in total. The van der Waals surface area contributed by atoms with Crippen LogP contribution in [0.3, 0.4) is 0 Å². The molecule has 0 bridgehead atoms. The molecule has 0 aliphatic rings. The van der Waals surface area contributed by atoms with E-state index in [1.54, 1.807) is 0 Å². The lowest BCUT2D eigenvalue weighted by molar-refractivity contribution is -0.133. The van der Waals surface area contributed by atoms with Crippen molar-refractivity contribution in [3.05, 3.63) is 34.9 Å². The van der Waals surface area contributed by atoms with Crippen molar-refractivity contribution in [2.75, 3.05) is 0 Å². The SMILES string of the molecule is CC(=CC(O)C(O)(C=C(C)C(=O)O)C=C(C)C(=O)O)C(=O)O. The zero-order valence-electron chi connectivity index (χ0n) is 12.3. The van der Waals surface area contributed by atoms with Gasteiger partial charge in [0.1, 0.15) is 11.7 Å². The number of aliphatic carboxylic acids is 3. The molecule has 8 nitrogen and oxygen atoms in total. The summed E-state index contributed by atoms with van der Waals surface area (Å²) in [4.78, 5) is 32.4. The first-order valence-corrected chi connectivity index (χ1v) is 6.08. The second-order valence-corrected chi connectivity index (χ2v) is 4.75. The zero-order valence-corrected chi connectivity index (χ0v) is 12.3. The molecule has 0 rings (SSSR count). The predicted octanol–water partition coefficient (Wildman–Crippen LogP) is 0.171. The van der Waals surface area contributed by atoms with Crippen molar-refractivity contribution in [3.8, 4) is 0 Å². The van der Waals surface area contributed by atoms with Crippen molar-refractivity contribution in [2.45, 2.75) is 32.5 Å². The highest BCUT2D eigenvalue weighted by Crippen LogP contribution is 2.22. The van der Waals surface area contributed by atoms with Crippen LogP contribution >= 0.6 is 0 Å². The largest absolute Gasteiger partial charge is 0.478 e. The molecule has 22 heavy (non-hydrogen) atoms. The van der Waals surface area contributed by atoms with Crippen molar-refractivity contribution in [3.63, 3.8) is 0 Å². The van der Waals surface area contributed by atoms with Crippen molar-refractivity contribution in [2.24, 2.45) is 0 Å². The third-order valence-electron chi connectivity index (χ3n) is 2.79. The van der Waals surface area contributed by atoms with Crippen LogP contribution in [0.5, 0.6) is 0 Å². The number of carbonyl (C=O) groups is 3. The van der Waals surface area contributed by atoms with Gasteiger partial charge in [-0.15, -0.1) is 0 Å². The Kier molecular flexibility index (Phi) is 6.69. The fourth-order valence-electron chi connectivity index (χ4n) is 1.47. The third kappa shape index (κ3) is 5.51. The number of hydrogen-bond donors (Lipinski definition) is 5. The van der Waals surface area contributed by atoms with Crippen LogP contribution in [0.2, 0.25) is 0 Å². The van der Waals surface area contributed by atoms with E-state index in [-0.39, 0.29) is 16.7 Å². The van der Waals surface area contributed by atoms with Gasteiger partial charge in [-0.2, -0.15) is 0 Å². The summed E-state index contributed by atoms with van der Waals surface area (Å²) in [7, 11) is 0. The Morgan fingerprint density at radius 2 is 1.14 bits per heavy atom. The van der Waals surface area contributed by atoms with Gasteiger partial charge in [0, 0.05) is 16.7 Å². The van der Waals surface area contributed by atoms with Gasteiger partial charge in [0.05, 0.1) is 0 Å².